The quantitative estimate of drug-likeness (QED) is 0.617. The number of thiocarbonyl (C=S) groups is 1. The van der Waals surface area contributed by atoms with Gasteiger partial charge in [0.1, 0.15) is 6.67 Å². The predicted octanol–water partition coefficient (Wildman–Crippen LogP) is 0.387. The van der Waals surface area contributed by atoms with Gasteiger partial charge in [0.05, 0.1) is 5.49 Å². The fourth-order valence-electron chi connectivity index (χ4n) is 0.525. The van der Waals surface area contributed by atoms with Crippen molar-refractivity contribution in [3.8, 4) is 0 Å². The Morgan fingerprint density at radius 2 is 2.67 bits per heavy atom. The van der Waals surface area contributed by atoms with Crippen LogP contribution in [-0.2, 0) is 6.67 Å². The van der Waals surface area contributed by atoms with E-state index < -0.39 is 0 Å². The van der Waals surface area contributed by atoms with Crippen molar-refractivity contribution in [2.45, 2.75) is 6.67 Å². The van der Waals surface area contributed by atoms with Gasteiger partial charge >= 0.3 is 0 Å². The summed E-state index contributed by atoms with van der Waals surface area (Å²) in [4.78, 5) is 0. The van der Waals surface area contributed by atoms with E-state index in [1.807, 2.05) is 12.3 Å². The van der Waals surface area contributed by atoms with E-state index >= 15 is 0 Å². The topological polar surface area (TPSA) is 29.9 Å². The zero-order valence-corrected chi connectivity index (χ0v) is 5.64. The highest BCUT2D eigenvalue weighted by Crippen LogP contribution is 1.78. The molecule has 9 heavy (non-hydrogen) atoms. The van der Waals surface area contributed by atoms with Crippen LogP contribution < -0.4 is 5.32 Å². The number of nitrogens with one attached hydrogen (secondary N) is 1. The van der Waals surface area contributed by atoms with Gasteiger partial charge in [-0.3, -0.25) is 4.68 Å². The van der Waals surface area contributed by atoms with E-state index in [2.05, 4.69) is 22.6 Å². The van der Waals surface area contributed by atoms with Crippen LogP contribution in [0.4, 0.5) is 0 Å². The summed E-state index contributed by atoms with van der Waals surface area (Å²) in [7, 11) is 0. The van der Waals surface area contributed by atoms with Crippen molar-refractivity contribution >= 4 is 17.7 Å². The van der Waals surface area contributed by atoms with Gasteiger partial charge < -0.3 is 5.32 Å². The highest BCUT2D eigenvalue weighted by Gasteiger charge is 1.82. The minimum Gasteiger partial charge on any atom is -0.363 e. The maximum Gasteiger partial charge on any atom is 0.109 e. The lowest BCUT2D eigenvalue weighted by Crippen LogP contribution is -2.15. The number of aromatic nitrogens is 2. The van der Waals surface area contributed by atoms with Gasteiger partial charge in [0.25, 0.3) is 0 Å². The molecule has 0 bridgehead atoms. The molecular formula is C5H7N3S. The molecule has 48 valence electrons. The Morgan fingerprint density at radius 1 is 1.78 bits per heavy atom. The van der Waals surface area contributed by atoms with E-state index in [0.29, 0.717) is 6.67 Å². The summed E-state index contributed by atoms with van der Waals surface area (Å²) >= 11 is 4.55. The first kappa shape index (κ1) is 6.22. The van der Waals surface area contributed by atoms with E-state index in [0.717, 1.165) is 0 Å². The van der Waals surface area contributed by atoms with E-state index in [4.69, 9.17) is 0 Å². The van der Waals surface area contributed by atoms with Gasteiger partial charge in [0.15, 0.2) is 0 Å². The highest BCUT2D eigenvalue weighted by atomic mass is 32.1. The Kier molecular flexibility index (Phi) is 2.21. The molecule has 1 aromatic heterocycles. The molecular weight excluding hydrogens is 134 g/mol. The van der Waals surface area contributed by atoms with Crippen molar-refractivity contribution in [3.05, 3.63) is 18.5 Å². The van der Waals surface area contributed by atoms with Crippen molar-refractivity contribution in [3.63, 3.8) is 0 Å². The van der Waals surface area contributed by atoms with E-state index in [1.165, 1.54) is 5.49 Å². The summed E-state index contributed by atoms with van der Waals surface area (Å²) in [6.45, 7) is 0.649. The standard InChI is InChI=1S/C5H7N3S/c9-5-6-4-8-3-1-2-7-8/h1-3,5H,4H2,(H,6,9). The van der Waals surface area contributed by atoms with Crippen LogP contribution in [0.2, 0.25) is 0 Å². The van der Waals surface area contributed by atoms with Crippen LogP contribution >= 0.6 is 12.2 Å². The van der Waals surface area contributed by atoms with Gasteiger partial charge in [0.2, 0.25) is 0 Å². The number of hydrogen-bond donors (Lipinski definition) is 1. The Morgan fingerprint density at radius 3 is 3.22 bits per heavy atom. The smallest absolute Gasteiger partial charge is 0.109 e. The lowest BCUT2D eigenvalue weighted by Gasteiger charge is -1.96. The van der Waals surface area contributed by atoms with Crippen molar-refractivity contribution in [2.75, 3.05) is 0 Å². The number of rotatable bonds is 3. The molecule has 0 amide bonds. The molecule has 0 atom stereocenters. The van der Waals surface area contributed by atoms with E-state index in [9.17, 15) is 0 Å². The summed E-state index contributed by atoms with van der Waals surface area (Å²) in [6, 6.07) is 1.87. The summed E-state index contributed by atoms with van der Waals surface area (Å²) in [5.74, 6) is 0. The summed E-state index contributed by atoms with van der Waals surface area (Å²) < 4.78 is 1.75. The van der Waals surface area contributed by atoms with Crippen molar-refractivity contribution < 1.29 is 0 Å². The number of hydrogen-bond acceptors (Lipinski definition) is 2. The zero-order chi connectivity index (χ0) is 6.53. The minimum absolute atomic E-state index is 0.649. The second-order valence-electron chi connectivity index (χ2n) is 1.53. The Bertz CT molecular complexity index is 170. The molecule has 0 fully saturated rings. The first-order chi connectivity index (χ1) is 4.43. The number of nitrogens with zero attached hydrogens (tertiary/aromatic N) is 2. The predicted molar refractivity (Wildman–Crippen MR) is 39.0 cm³/mol. The van der Waals surface area contributed by atoms with Crippen LogP contribution in [0, 0.1) is 0 Å². The maximum atomic E-state index is 4.55. The van der Waals surface area contributed by atoms with Crippen LogP contribution in [0.25, 0.3) is 0 Å². The van der Waals surface area contributed by atoms with Crippen LogP contribution in [0.3, 0.4) is 0 Å². The van der Waals surface area contributed by atoms with Gasteiger partial charge in [-0.2, -0.15) is 5.10 Å². The van der Waals surface area contributed by atoms with Crippen LogP contribution in [0.1, 0.15) is 0 Å². The van der Waals surface area contributed by atoms with Gasteiger partial charge in [-0.25, -0.2) is 0 Å². The molecule has 3 nitrogen and oxygen atoms in total. The highest BCUT2D eigenvalue weighted by molar-refractivity contribution is 7.78. The Balaban J connectivity index is 2.38. The lowest BCUT2D eigenvalue weighted by atomic mass is 10.7. The fraction of sp³-hybridized carbons (Fsp3) is 0.200. The summed E-state index contributed by atoms with van der Waals surface area (Å²) in [6.07, 6.45) is 3.59. The minimum atomic E-state index is 0.649. The molecule has 0 saturated carbocycles. The molecule has 0 aromatic carbocycles. The average Bonchev–Trinajstić information content (AvgIpc) is 2.34. The summed E-state index contributed by atoms with van der Waals surface area (Å²) in [5, 5.41) is 6.78. The Labute approximate surface area is 58.7 Å². The van der Waals surface area contributed by atoms with Gasteiger partial charge in [0, 0.05) is 12.4 Å². The first-order valence-corrected chi connectivity index (χ1v) is 3.05. The Hall–Kier alpha value is -0.900. The third kappa shape index (κ3) is 1.81. The largest absolute Gasteiger partial charge is 0.363 e. The lowest BCUT2D eigenvalue weighted by molar-refractivity contribution is 0.597. The second-order valence-corrected chi connectivity index (χ2v) is 1.76. The molecule has 1 rings (SSSR count). The van der Waals surface area contributed by atoms with Gasteiger partial charge in [-0.15, -0.1) is 0 Å². The molecule has 1 heterocycles. The molecule has 1 aromatic rings. The molecule has 0 aliphatic rings. The summed E-state index contributed by atoms with van der Waals surface area (Å²) in [5.41, 5.74) is 1.47. The van der Waals surface area contributed by atoms with Crippen LogP contribution in [0.15, 0.2) is 18.5 Å². The SMILES string of the molecule is S=CNCn1cccn1. The molecule has 0 radical (unpaired) electrons. The molecule has 1 N–H and O–H groups in total. The van der Waals surface area contributed by atoms with Crippen LogP contribution in [-0.4, -0.2) is 15.3 Å². The first-order valence-electron chi connectivity index (χ1n) is 2.58. The van der Waals surface area contributed by atoms with Gasteiger partial charge in [-0.1, -0.05) is 12.2 Å². The third-order valence-electron chi connectivity index (χ3n) is 0.896. The van der Waals surface area contributed by atoms with Crippen LogP contribution in [0.5, 0.6) is 0 Å². The molecule has 0 aliphatic heterocycles. The maximum absolute atomic E-state index is 4.55. The third-order valence-corrected chi connectivity index (χ3v) is 1.06. The molecule has 0 saturated heterocycles. The zero-order valence-electron chi connectivity index (χ0n) is 4.82. The molecule has 4 heteroatoms. The molecule has 0 unspecified atom stereocenters. The average molecular weight is 141 g/mol. The van der Waals surface area contributed by atoms with E-state index in [-0.39, 0.29) is 0 Å². The van der Waals surface area contributed by atoms with Gasteiger partial charge in [-0.05, 0) is 6.07 Å². The second kappa shape index (κ2) is 3.19. The fourth-order valence-corrected chi connectivity index (χ4v) is 0.599. The normalized spacial score (nSPS) is 8.89. The molecule has 0 aliphatic carbocycles. The van der Waals surface area contributed by atoms with Crippen molar-refractivity contribution in [1.29, 1.82) is 0 Å². The monoisotopic (exact) mass is 141 g/mol. The van der Waals surface area contributed by atoms with Crippen molar-refractivity contribution in [1.82, 2.24) is 15.1 Å². The molecule has 0 spiro atoms. The van der Waals surface area contributed by atoms with E-state index in [1.54, 1.807) is 10.9 Å². The van der Waals surface area contributed by atoms with Crippen molar-refractivity contribution in [2.24, 2.45) is 0 Å².